The van der Waals surface area contributed by atoms with Crippen molar-refractivity contribution in [2.75, 3.05) is 6.54 Å². The Labute approximate surface area is 211 Å². The Balaban J connectivity index is 1.43. The topological polar surface area (TPSA) is 84.2 Å². The van der Waals surface area contributed by atoms with Gasteiger partial charge in [0, 0.05) is 29.7 Å². The second kappa shape index (κ2) is 9.88. The number of nitrogens with one attached hydrogen (secondary N) is 1. The average molecular weight is 510 g/mol. The van der Waals surface area contributed by atoms with Crippen LogP contribution in [-0.4, -0.2) is 33.1 Å². The van der Waals surface area contributed by atoms with Gasteiger partial charge in [-0.15, -0.1) is 0 Å². The molecule has 9 heteroatoms. The fraction of sp³-hybridized carbons (Fsp3) is 0.321. The fourth-order valence-corrected chi connectivity index (χ4v) is 5.15. The van der Waals surface area contributed by atoms with Gasteiger partial charge in [-0.25, -0.2) is 0 Å². The average Bonchev–Trinajstić information content (AvgIpc) is 3.29. The van der Waals surface area contributed by atoms with Crippen LogP contribution in [0.1, 0.15) is 47.3 Å². The third kappa shape index (κ3) is 5.30. The molecule has 1 fully saturated rings. The number of carbonyl (C=O) groups is 2. The van der Waals surface area contributed by atoms with E-state index in [9.17, 15) is 27.9 Å². The van der Waals surface area contributed by atoms with Gasteiger partial charge in [0.1, 0.15) is 0 Å². The van der Waals surface area contributed by atoms with E-state index in [1.165, 1.54) is 0 Å². The van der Waals surface area contributed by atoms with Crippen molar-refractivity contribution in [3.8, 4) is 0 Å². The highest BCUT2D eigenvalue weighted by molar-refractivity contribution is 6.06. The monoisotopic (exact) mass is 509 g/mol. The van der Waals surface area contributed by atoms with Crippen LogP contribution in [0.2, 0.25) is 0 Å². The summed E-state index contributed by atoms with van der Waals surface area (Å²) in [5, 5.41) is 14.3. The van der Waals surface area contributed by atoms with Crippen LogP contribution in [0.15, 0.2) is 60.9 Å². The Morgan fingerprint density at radius 3 is 2.43 bits per heavy atom. The molecule has 1 aliphatic rings. The largest absolute Gasteiger partial charge is 0.481 e. The molecule has 1 amide bonds. The van der Waals surface area contributed by atoms with E-state index in [1.807, 2.05) is 30.3 Å². The lowest BCUT2D eigenvalue weighted by Crippen LogP contribution is -2.32. The standard InChI is InChI=1S/C28H26F3N3O3/c29-28(30,31)22-11-20-9-10-34(16-23-12-19-3-1-2-4-21(19)15-32-23)25(20)24(13-22)26(35)33-14-17-5-7-18(8-6-17)27(36)37/h1-4,9-13,15,17-18H,5-8,14,16H2,(H,33,35)(H,36,37)/t17-,18-. The molecule has 6 nitrogen and oxygen atoms in total. The van der Waals surface area contributed by atoms with Gasteiger partial charge in [0.25, 0.3) is 5.91 Å². The number of hydrogen-bond donors (Lipinski definition) is 2. The number of hydrogen-bond acceptors (Lipinski definition) is 3. The summed E-state index contributed by atoms with van der Waals surface area (Å²) in [5.74, 6) is -1.67. The quantitative estimate of drug-likeness (QED) is 0.340. The highest BCUT2D eigenvalue weighted by Crippen LogP contribution is 2.34. The normalized spacial score (nSPS) is 18.2. The zero-order valence-corrected chi connectivity index (χ0v) is 20.0. The predicted molar refractivity (Wildman–Crippen MR) is 133 cm³/mol. The highest BCUT2D eigenvalue weighted by atomic mass is 19.4. The number of aromatic nitrogens is 2. The number of nitrogens with zero attached hydrogens (tertiary/aromatic N) is 2. The predicted octanol–water partition coefficient (Wildman–Crippen LogP) is 5.88. The van der Waals surface area contributed by atoms with Crippen molar-refractivity contribution in [2.24, 2.45) is 11.8 Å². The Bertz CT molecular complexity index is 1470. The lowest BCUT2D eigenvalue weighted by molar-refractivity contribution is -0.143. The number of carboxylic acids is 1. The van der Waals surface area contributed by atoms with Gasteiger partial charge in [0.05, 0.1) is 34.8 Å². The number of amides is 1. The van der Waals surface area contributed by atoms with Crippen molar-refractivity contribution in [1.29, 1.82) is 0 Å². The second-order valence-corrected chi connectivity index (χ2v) is 9.69. The van der Waals surface area contributed by atoms with Gasteiger partial charge in [-0.1, -0.05) is 24.3 Å². The molecule has 2 heterocycles. The van der Waals surface area contributed by atoms with Gasteiger partial charge in [0.2, 0.25) is 0 Å². The number of alkyl halides is 3. The number of benzene rings is 2. The van der Waals surface area contributed by atoms with E-state index in [2.05, 4.69) is 10.3 Å². The van der Waals surface area contributed by atoms with Gasteiger partial charge in [-0.2, -0.15) is 13.2 Å². The summed E-state index contributed by atoms with van der Waals surface area (Å²) in [7, 11) is 0. The molecule has 0 atom stereocenters. The van der Waals surface area contributed by atoms with Crippen LogP contribution in [0.4, 0.5) is 13.2 Å². The maximum absolute atomic E-state index is 13.6. The van der Waals surface area contributed by atoms with Gasteiger partial charge in [-0.05, 0) is 61.3 Å². The zero-order chi connectivity index (χ0) is 26.2. The Morgan fingerprint density at radius 1 is 1.00 bits per heavy atom. The molecule has 0 bridgehead atoms. The number of aliphatic carboxylic acids is 1. The Kier molecular flexibility index (Phi) is 6.62. The molecule has 2 N–H and O–H groups in total. The van der Waals surface area contributed by atoms with E-state index < -0.39 is 23.6 Å². The lowest BCUT2D eigenvalue weighted by atomic mass is 9.82. The van der Waals surface area contributed by atoms with Gasteiger partial charge >= 0.3 is 12.1 Å². The van der Waals surface area contributed by atoms with Gasteiger partial charge in [0.15, 0.2) is 0 Å². The second-order valence-electron chi connectivity index (χ2n) is 9.69. The first-order valence-corrected chi connectivity index (χ1v) is 12.2. The summed E-state index contributed by atoms with van der Waals surface area (Å²) in [6, 6.07) is 13.2. The molecule has 2 aromatic carbocycles. The minimum atomic E-state index is -4.60. The first-order chi connectivity index (χ1) is 17.7. The van der Waals surface area contributed by atoms with Crippen LogP contribution >= 0.6 is 0 Å². The van der Waals surface area contributed by atoms with E-state index in [1.54, 1.807) is 23.0 Å². The number of rotatable bonds is 6. The third-order valence-electron chi connectivity index (χ3n) is 7.20. The van der Waals surface area contributed by atoms with Crippen molar-refractivity contribution < 1.29 is 27.9 Å². The van der Waals surface area contributed by atoms with E-state index in [0.29, 0.717) is 43.1 Å². The van der Waals surface area contributed by atoms with E-state index >= 15 is 0 Å². The molecule has 5 rings (SSSR count). The molecule has 192 valence electrons. The molecule has 37 heavy (non-hydrogen) atoms. The summed E-state index contributed by atoms with van der Waals surface area (Å²) >= 11 is 0. The fourth-order valence-electron chi connectivity index (χ4n) is 5.15. The molecule has 4 aromatic rings. The van der Waals surface area contributed by atoms with Crippen molar-refractivity contribution in [3.63, 3.8) is 0 Å². The van der Waals surface area contributed by atoms with Crippen LogP contribution in [0, 0.1) is 11.8 Å². The molecule has 2 aromatic heterocycles. The van der Waals surface area contributed by atoms with Crippen LogP contribution in [-0.2, 0) is 17.5 Å². The summed E-state index contributed by atoms with van der Waals surface area (Å²) in [5.41, 5.74) is 0.205. The molecular formula is C28H26F3N3O3. The van der Waals surface area contributed by atoms with Gasteiger partial charge < -0.3 is 15.0 Å². The van der Waals surface area contributed by atoms with Crippen LogP contribution in [0.3, 0.4) is 0 Å². The van der Waals surface area contributed by atoms with E-state index in [-0.39, 0.29) is 23.9 Å². The number of carboxylic acid groups (broad SMARTS) is 1. The number of pyridine rings is 1. The van der Waals surface area contributed by atoms with Crippen molar-refractivity contribution in [1.82, 2.24) is 14.9 Å². The van der Waals surface area contributed by atoms with Crippen molar-refractivity contribution >= 4 is 33.6 Å². The van der Waals surface area contributed by atoms with Crippen LogP contribution in [0.25, 0.3) is 21.7 Å². The smallest absolute Gasteiger partial charge is 0.416 e. The minimum Gasteiger partial charge on any atom is -0.481 e. The third-order valence-corrected chi connectivity index (χ3v) is 7.20. The molecule has 0 unspecified atom stereocenters. The first-order valence-electron chi connectivity index (χ1n) is 12.2. The lowest BCUT2D eigenvalue weighted by Gasteiger charge is -2.26. The summed E-state index contributed by atoms with van der Waals surface area (Å²) in [6.07, 6.45) is 1.20. The first kappa shape index (κ1) is 24.8. The van der Waals surface area contributed by atoms with Crippen molar-refractivity contribution in [3.05, 3.63) is 77.7 Å². The summed E-state index contributed by atoms with van der Waals surface area (Å²) < 4.78 is 42.7. The van der Waals surface area contributed by atoms with Gasteiger partial charge in [-0.3, -0.25) is 14.6 Å². The molecular weight excluding hydrogens is 483 g/mol. The molecule has 1 aliphatic carbocycles. The number of fused-ring (bicyclic) bond motifs is 2. The molecule has 1 saturated carbocycles. The molecule has 0 aliphatic heterocycles. The molecule has 0 saturated heterocycles. The SMILES string of the molecule is O=C(NC[C@H]1CC[C@H](C(=O)O)CC1)c1cc(C(F)(F)F)cc2ccn(Cc3cc4ccccc4cn3)c12. The maximum atomic E-state index is 13.6. The Morgan fingerprint density at radius 2 is 1.73 bits per heavy atom. The molecule has 0 spiro atoms. The number of halogens is 3. The van der Waals surface area contributed by atoms with E-state index in [4.69, 9.17) is 0 Å². The van der Waals surface area contributed by atoms with Crippen molar-refractivity contribution in [2.45, 2.75) is 38.4 Å². The van der Waals surface area contributed by atoms with Crippen LogP contribution in [0.5, 0.6) is 0 Å². The Hall–Kier alpha value is -3.88. The highest BCUT2D eigenvalue weighted by Gasteiger charge is 2.33. The zero-order valence-electron chi connectivity index (χ0n) is 20.0. The van der Waals surface area contributed by atoms with Crippen LogP contribution < -0.4 is 5.32 Å². The minimum absolute atomic E-state index is 0.0464. The summed E-state index contributed by atoms with van der Waals surface area (Å²) in [6.45, 7) is 0.578. The maximum Gasteiger partial charge on any atom is 0.416 e. The molecule has 0 radical (unpaired) electrons. The van der Waals surface area contributed by atoms with E-state index in [0.717, 1.165) is 28.6 Å². The number of carbonyl (C=O) groups excluding carboxylic acids is 1. The summed E-state index contributed by atoms with van der Waals surface area (Å²) in [4.78, 5) is 28.9.